The first-order chi connectivity index (χ1) is 12.2. The van der Waals surface area contributed by atoms with Gasteiger partial charge >= 0.3 is 5.97 Å². The molecule has 4 nitrogen and oxygen atoms in total. The lowest BCUT2D eigenvalue weighted by atomic mass is 9.98. The fraction of sp³-hybridized carbons (Fsp3) is 0.364. The molecule has 0 aliphatic carbocycles. The van der Waals surface area contributed by atoms with Crippen molar-refractivity contribution in [2.75, 3.05) is 5.32 Å². The second-order valence-electron chi connectivity index (χ2n) is 7.05. The molecule has 0 unspecified atom stereocenters. The average molecular weight is 353 g/mol. The summed E-state index contributed by atoms with van der Waals surface area (Å²) < 4.78 is 5.38. The summed E-state index contributed by atoms with van der Waals surface area (Å²) in [5, 5.41) is 2.92. The predicted octanol–water partition coefficient (Wildman–Crippen LogP) is 4.92. The number of esters is 1. The number of ether oxygens (including phenoxy) is 1. The minimum absolute atomic E-state index is 0.276. The monoisotopic (exact) mass is 353 g/mol. The van der Waals surface area contributed by atoms with Crippen LogP contribution >= 0.6 is 0 Å². The smallest absolute Gasteiger partial charge is 0.339 e. The fourth-order valence-corrected chi connectivity index (χ4v) is 2.89. The molecule has 0 bridgehead atoms. The van der Waals surface area contributed by atoms with E-state index in [1.54, 1.807) is 13.0 Å². The summed E-state index contributed by atoms with van der Waals surface area (Å²) >= 11 is 0. The molecule has 2 rings (SSSR count). The lowest BCUT2D eigenvalue weighted by Crippen LogP contribution is -2.30. The summed E-state index contributed by atoms with van der Waals surface area (Å²) in [6.45, 7) is 11.5. The molecule has 0 saturated carbocycles. The Hall–Kier alpha value is -2.62. The summed E-state index contributed by atoms with van der Waals surface area (Å²) in [5.74, 6) is -0.545. The summed E-state index contributed by atoms with van der Waals surface area (Å²) in [6, 6.07) is 11.4. The number of anilines is 1. The molecule has 0 aliphatic rings. The van der Waals surface area contributed by atoms with Gasteiger partial charge in [0.1, 0.15) is 0 Å². The van der Waals surface area contributed by atoms with Crippen molar-refractivity contribution in [3.05, 3.63) is 64.2 Å². The first-order valence-corrected chi connectivity index (χ1v) is 8.89. The van der Waals surface area contributed by atoms with E-state index in [0.717, 1.165) is 27.9 Å². The highest BCUT2D eigenvalue weighted by molar-refractivity contribution is 5.98. The molecule has 0 radical (unpaired) electrons. The van der Waals surface area contributed by atoms with Gasteiger partial charge in [0.05, 0.1) is 5.56 Å². The lowest BCUT2D eigenvalue weighted by molar-refractivity contribution is -0.123. The maximum absolute atomic E-state index is 12.6. The first-order valence-electron chi connectivity index (χ1n) is 8.89. The van der Waals surface area contributed by atoms with Crippen LogP contribution in [0.15, 0.2) is 36.4 Å². The zero-order valence-corrected chi connectivity index (χ0v) is 16.3. The quantitative estimate of drug-likeness (QED) is 0.776. The molecule has 26 heavy (non-hydrogen) atoms. The molecular formula is C22H27NO3. The number of nitrogens with one attached hydrogen (secondary N) is 1. The van der Waals surface area contributed by atoms with E-state index in [0.29, 0.717) is 5.56 Å². The largest absolute Gasteiger partial charge is 0.449 e. The van der Waals surface area contributed by atoms with Crippen LogP contribution in [-0.4, -0.2) is 18.0 Å². The summed E-state index contributed by atoms with van der Waals surface area (Å²) in [5.41, 5.74) is 5.23. The minimum Gasteiger partial charge on any atom is -0.449 e. The van der Waals surface area contributed by atoms with Gasteiger partial charge in [-0.3, -0.25) is 4.79 Å². The van der Waals surface area contributed by atoms with Crippen molar-refractivity contribution in [2.45, 2.75) is 53.6 Å². The lowest BCUT2D eigenvalue weighted by Gasteiger charge is -2.19. The molecule has 0 aliphatic heterocycles. The van der Waals surface area contributed by atoms with Crippen LogP contribution in [0.1, 0.15) is 59.3 Å². The number of benzene rings is 2. The Labute approximate surface area is 155 Å². The Bertz CT molecular complexity index is 824. The van der Waals surface area contributed by atoms with Gasteiger partial charge in [0.2, 0.25) is 0 Å². The van der Waals surface area contributed by atoms with E-state index in [1.165, 1.54) is 0 Å². The molecule has 138 valence electrons. The molecular weight excluding hydrogens is 326 g/mol. The van der Waals surface area contributed by atoms with Gasteiger partial charge < -0.3 is 10.1 Å². The van der Waals surface area contributed by atoms with E-state index in [9.17, 15) is 9.59 Å². The Kier molecular flexibility index (Phi) is 6.19. The van der Waals surface area contributed by atoms with Gasteiger partial charge in [0.15, 0.2) is 6.10 Å². The molecule has 4 heteroatoms. The third-order valence-electron chi connectivity index (χ3n) is 4.43. The van der Waals surface area contributed by atoms with Gasteiger partial charge in [-0.05, 0) is 56.4 Å². The highest BCUT2D eigenvalue weighted by Crippen LogP contribution is 2.27. The van der Waals surface area contributed by atoms with Crippen LogP contribution in [0.5, 0.6) is 0 Å². The molecule has 0 fully saturated rings. The molecule has 2 aromatic carbocycles. The second-order valence-corrected chi connectivity index (χ2v) is 7.05. The van der Waals surface area contributed by atoms with E-state index in [1.807, 2.05) is 51.1 Å². The third kappa shape index (κ3) is 4.51. The zero-order valence-electron chi connectivity index (χ0n) is 16.3. The van der Waals surface area contributed by atoms with Crippen LogP contribution in [-0.2, 0) is 9.53 Å². The van der Waals surface area contributed by atoms with Crippen molar-refractivity contribution in [3.8, 4) is 0 Å². The topological polar surface area (TPSA) is 55.4 Å². The van der Waals surface area contributed by atoms with E-state index >= 15 is 0 Å². The standard InChI is InChI=1S/C22H27NO3/c1-13(2)18-9-7-8-15(4)20(18)23-21(24)17(6)26-22(25)19-11-10-14(3)12-16(19)5/h7-13,17H,1-6H3,(H,23,24)/t17-/m1/s1. The number of carbonyl (C=O) groups is 2. The number of hydrogen-bond acceptors (Lipinski definition) is 3. The number of hydrogen-bond donors (Lipinski definition) is 1. The van der Waals surface area contributed by atoms with Gasteiger partial charge in [-0.1, -0.05) is 49.7 Å². The van der Waals surface area contributed by atoms with Crippen LogP contribution in [0, 0.1) is 20.8 Å². The van der Waals surface area contributed by atoms with Gasteiger partial charge in [0.25, 0.3) is 5.91 Å². The molecule has 1 atom stereocenters. The van der Waals surface area contributed by atoms with E-state index in [-0.39, 0.29) is 11.8 Å². The van der Waals surface area contributed by atoms with Crippen molar-refractivity contribution in [1.82, 2.24) is 0 Å². The predicted molar refractivity (Wildman–Crippen MR) is 105 cm³/mol. The number of aryl methyl sites for hydroxylation is 3. The molecule has 2 aromatic rings. The Balaban J connectivity index is 2.12. The first kappa shape index (κ1) is 19.7. The molecule has 0 heterocycles. The van der Waals surface area contributed by atoms with Crippen molar-refractivity contribution in [2.24, 2.45) is 0 Å². The number of para-hydroxylation sites is 1. The number of carbonyl (C=O) groups excluding carboxylic acids is 2. The highest BCUT2D eigenvalue weighted by Gasteiger charge is 2.22. The molecule has 0 aromatic heterocycles. The van der Waals surface area contributed by atoms with Crippen LogP contribution in [0.25, 0.3) is 0 Å². The van der Waals surface area contributed by atoms with Crippen molar-refractivity contribution in [3.63, 3.8) is 0 Å². The SMILES string of the molecule is Cc1ccc(C(=O)O[C@H](C)C(=O)Nc2c(C)cccc2C(C)C)c(C)c1. The van der Waals surface area contributed by atoms with Crippen LogP contribution in [0.3, 0.4) is 0 Å². The van der Waals surface area contributed by atoms with Crippen molar-refractivity contribution >= 4 is 17.6 Å². The van der Waals surface area contributed by atoms with E-state index < -0.39 is 12.1 Å². The summed E-state index contributed by atoms with van der Waals surface area (Å²) in [7, 11) is 0. The van der Waals surface area contributed by atoms with Crippen LogP contribution < -0.4 is 5.32 Å². The minimum atomic E-state index is -0.886. The normalized spacial score (nSPS) is 12.0. The van der Waals surface area contributed by atoms with E-state index in [2.05, 4.69) is 19.2 Å². The number of amides is 1. The second kappa shape index (κ2) is 8.17. The Morgan fingerprint density at radius 3 is 2.27 bits per heavy atom. The van der Waals surface area contributed by atoms with Crippen molar-refractivity contribution < 1.29 is 14.3 Å². The third-order valence-corrected chi connectivity index (χ3v) is 4.43. The fourth-order valence-electron chi connectivity index (χ4n) is 2.89. The Morgan fingerprint density at radius 1 is 0.962 bits per heavy atom. The van der Waals surface area contributed by atoms with Crippen molar-refractivity contribution in [1.29, 1.82) is 0 Å². The summed E-state index contributed by atoms with van der Waals surface area (Å²) in [6.07, 6.45) is -0.886. The molecule has 1 amide bonds. The van der Waals surface area contributed by atoms with Gasteiger partial charge in [-0.15, -0.1) is 0 Å². The van der Waals surface area contributed by atoms with Gasteiger partial charge in [0, 0.05) is 5.69 Å². The van der Waals surface area contributed by atoms with Gasteiger partial charge in [-0.25, -0.2) is 4.79 Å². The van der Waals surface area contributed by atoms with Crippen LogP contribution in [0.4, 0.5) is 5.69 Å². The highest BCUT2D eigenvalue weighted by atomic mass is 16.5. The molecule has 0 saturated heterocycles. The van der Waals surface area contributed by atoms with E-state index in [4.69, 9.17) is 4.74 Å². The zero-order chi connectivity index (χ0) is 19.4. The molecule has 1 N–H and O–H groups in total. The Morgan fingerprint density at radius 2 is 1.65 bits per heavy atom. The average Bonchev–Trinajstić information content (AvgIpc) is 2.56. The maximum atomic E-state index is 12.6. The van der Waals surface area contributed by atoms with Crippen LogP contribution in [0.2, 0.25) is 0 Å². The van der Waals surface area contributed by atoms with Gasteiger partial charge in [-0.2, -0.15) is 0 Å². The maximum Gasteiger partial charge on any atom is 0.339 e. The number of rotatable bonds is 5. The summed E-state index contributed by atoms with van der Waals surface area (Å²) in [4.78, 5) is 24.9. The molecule has 0 spiro atoms.